The fourth-order valence-electron chi connectivity index (χ4n) is 1.67. The molecule has 2 aromatic rings. The summed E-state index contributed by atoms with van der Waals surface area (Å²) in [6.45, 7) is 6.12. The van der Waals surface area contributed by atoms with Crippen LogP contribution in [0.4, 0.5) is 4.79 Å². The van der Waals surface area contributed by atoms with Crippen LogP contribution in [0, 0.1) is 6.92 Å². The number of carbonyl (C=O) groups excluding carboxylic acids is 1. The molecule has 0 aliphatic rings. The highest BCUT2D eigenvalue weighted by Gasteiger charge is 2.12. The van der Waals surface area contributed by atoms with Gasteiger partial charge in [-0.2, -0.15) is 0 Å². The van der Waals surface area contributed by atoms with Crippen molar-refractivity contribution in [2.24, 2.45) is 0 Å². The molecule has 0 saturated carbocycles. The Kier molecular flexibility index (Phi) is 4.73. The second-order valence-corrected chi connectivity index (χ2v) is 5.45. The summed E-state index contributed by atoms with van der Waals surface area (Å²) < 4.78 is 5.02. The number of urea groups is 1. The van der Waals surface area contributed by atoms with Gasteiger partial charge in [0.25, 0.3) is 0 Å². The van der Waals surface area contributed by atoms with Gasteiger partial charge in [0.1, 0.15) is 0 Å². The lowest BCUT2D eigenvalue weighted by molar-refractivity contribution is 0.235. The van der Waals surface area contributed by atoms with Crippen molar-refractivity contribution < 1.29 is 9.32 Å². The van der Waals surface area contributed by atoms with E-state index in [-0.39, 0.29) is 12.1 Å². The average Bonchev–Trinajstić information content (AvgIpc) is 3.05. The van der Waals surface area contributed by atoms with E-state index in [1.807, 2.05) is 19.2 Å². The van der Waals surface area contributed by atoms with E-state index in [9.17, 15) is 4.79 Å². The molecule has 6 nitrogen and oxygen atoms in total. The zero-order valence-corrected chi connectivity index (χ0v) is 12.6. The molecule has 0 aliphatic carbocycles. The molecule has 0 aromatic carbocycles. The van der Waals surface area contributed by atoms with Gasteiger partial charge in [0.05, 0.1) is 29.0 Å². The summed E-state index contributed by atoms with van der Waals surface area (Å²) in [6, 6.07) is 1.41. The summed E-state index contributed by atoms with van der Waals surface area (Å²) in [5, 5.41) is 12.4. The first kappa shape index (κ1) is 14.5. The third-order valence-electron chi connectivity index (χ3n) is 2.76. The number of hydrogen-bond acceptors (Lipinski definition) is 5. The molecule has 2 heterocycles. The Labute approximate surface area is 121 Å². The first-order chi connectivity index (χ1) is 9.58. The second-order valence-electron chi connectivity index (χ2n) is 4.50. The van der Waals surface area contributed by atoms with Gasteiger partial charge in [-0.25, -0.2) is 9.78 Å². The SMILES string of the molecule is CCc1nc([C@@H](C)NC(=O)NCc2cc(C)no2)cs1. The van der Waals surface area contributed by atoms with Crippen molar-refractivity contribution in [3.63, 3.8) is 0 Å². The summed E-state index contributed by atoms with van der Waals surface area (Å²) >= 11 is 1.61. The Morgan fingerprint density at radius 2 is 2.35 bits per heavy atom. The first-order valence-electron chi connectivity index (χ1n) is 6.49. The molecule has 20 heavy (non-hydrogen) atoms. The monoisotopic (exact) mass is 294 g/mol. The standard InChI is InChI=1S/C13H18N4O2S/c1-4-12-16-11(7-20-12)9(3)15-13(18)14-6-10-5-8(2)17-19-10/h5,7,9H,4,6H2,1-3H3,(H2,14,15,18)/t9-/m1/s1. The van der Waals surface area contributed by atoms with Crippen LogP contribution in [0.5, 0.6) is 0 Å². The van der Waals surface area contributed by atoms with E-state index in [1.165, 1.54) is 0 Å². The smallest absolute Gasteiger partial charge is 0.315 e. The van der Waals surface area contributed by atoms with Gasteiger partial charge < -0.3 is 15.2 Å². The Balaban J connectivity index is 1.81. The molecule has 0 fully saturated rings. The zero-order chi connectivity index (χ0) is 14.5. The third kappa shape index (κ3) is 3.80. The number of thiazole rings is 1. The third-order valence-corrected chi connectivity index (χ3v) is 3.77. The van der Waals surface area contributed by atoms with E-state index >= 15 is 0 Å². The molecule has 1 atom stereocenters. The molecule has 0 aliphatic heterocycles. The maximum absolute atomic E-state index is 11.8. The van der Waals surface area contributed by atoms with Crippen LogP contribution in [0.2, 0.25) is 0 Å². The van der Waals surface area contributed by atoms with E-state index in [0.717, 1.165) is 22.8 Å². The van der Waals surface area contributed by atoms with Crippen molar-refractivity contribution in [2.75, 3.05) is 0 Å². The van der Waals surface area contributed by atoms with Crippen molar-refractivity contribution in [3.05, 3.63) is 33.6 Å². The van der Waals surface area contributed by atoms with Crippen LogP contribution in [-0.4, -0.2) is 16.2 Å². The minimum atomic E-state index is -0.252. The molecule has 2 aromatic heterocycles. The number of aryl methyl sites for hydroxylation is 2. The maximum Gasteiger partial charge on any atom is 0.315 e. The molecule has 0 saturated heterocycles. The number of carbonyl (C=O) groups is 1. The summed E-state index contributed by atoms with van der Waals surface area (Å²) in [5.41, 5.74) is 1.68. The van der Waals surface area contributed by atoms with Crippen molar-refractivity contribution in [1.29, 1.82) is 0 Å². The lowest BCUT2D eigenvalue weighted by Gasteiger charge is -2.11. The van der Waals surface area contributed by atoms with Crippen LogP contribution in [-0.2, 0) is 13.0 Å². The summed E-state index contributed by atoms with van der Waals surface area (Å²) in [4.78, 5) is 16.2. The van der Waals surface area contributed by atoms with Crippen molar-refractivity contribution in [2.45, 2.75) is 39.8 Å². The van der Waals surface area contributed by atoms with E-state index in [0.29, 0.717) is 12.3 Å². The topological polar surface area (TPSA) is 80.0 Å². The van der Waals surface area contributed by atoms with E-state index in [4.69, 9.17) is 4.52 Å². The molecule has 0 spiro atoms. The number of aromatic nitrogens is 2. The minimum absolute atomic E-state index is 0.122. The number of amides is 2. The number of hydrogen-bond donors (Lipinski definition) is 2. The molecule has 0 bridgehead atoms. The van der Waals surface area contributed by atoms with Gasteiger partial charge in [-0.3, -0.25) is 0 Å². The highest BCUT2D eigenvalue weighted by molar-refractivity contribution is 7.09. The van der Waals surface area contributed by atoms with Crippen molar-refractivity contribution in [1.82, 2.24) is 20.8 Å². The summed E-state index contributed by atoms with van der Waals surface area (Å²) in [7, 11) is 0. The van der Waals surface area contributed by atoms with Crippen LogP contribution < -0.4 is 10.6 Å². The molecular formula is C13H18N4O2S. The number of nitrogens with zero attached hydrogens (tertiary/aromatic N) is 2. The predicted octanol–water partition coefficient (Wildman–Crippen LogP) is 2.56. The van der Waals surface area contributed by atoms with Crippen LogP contribution in [0.15, 0.2) is 16.0 Å². The fraction of sp³-hybridized carbons (Fsp3) is 0.462. The van der Waals surface area contributed by atoms with Crippen LogP contribution in [0.25, 0.3) is 0 Å². The molecule has 0 unspecified atom stereocenters. The Hall–Kier alpha value is -1.89. The minimum Gasteiger partial charge on any atom is -0.359 e. The van der Waals surface area contributed by atoms with E-state index in [1.54, 1.807) is 17.4 Å². The largest absolute Gasteiger partial charge is 0.359 e. The van der Waals surface area contributed by atoms with Gasteiger partial charge in [0, 0.05) is 11.4 Å². The molecule has 2 rings (SSSR count). The van der Waals surface area contributed by atoms with Gasteiger partial charge in [-0.1, -0.05) is 12.1 Å². The van der Waals surface area contributed by atoms with Crippen LogP contribution in [0.3, 0.4) is 0 Å². The van der Waals surface area contributed by atoms with E-state index in [2.05, 4.69) is 27.7 Å². The highest BCUT2D eigenvalue weighted by Crippen LogP contribution is 2.16. The van der Waals surface area contributed by atoms with Crippen molar-refractivity contribution in [3.8, 4) is 0 Å². The molecule has 108 valence electrons. The second kappa shape index (κ2) is 6.51. The summed E-state index contributed by atoms with van der Waals surface area (Å²) in [6.07, 6.45) is 0.911. The molecule has 0 radical (unpaired) electrons. The lowest BCUT2D eigenvalue weighted by Crippen LogP contribution is -2.36. The van der Waals surface area contributed by atoms with Gasteiger partial charge in [-0.15, -0.1) is 11.3 Å². The maximum atomic E-state index is 11.8. The highest BCUT2D eigenvalue weighted by atomic mass is 32.1. The molecule has 7 heteroatoms. The normalized spacial score (nSPS) is 12.2. The average molecular weight is 294 g/mol. The Morgan fingerprint density at radius 3 is 2.95 bits per heavy atom. The molecule has 2 N–H and O–H groups in total. The number of nitrogens with one attached hydrogen (secondary N) is 2. The van der Waals surface area contributed by atoms with Gasteiger partial charge in [-0.05, 0) is 20.3 Å². The quantitative estimate of drug-likeness (QED) is 0.888. The van der Waals surface area contributed by atoms with Crippen LogP contribution in [0.1, 0.15) is 42.0 Å². The zero-order valence-electron chi connectivity index (χ0n) is 11.8. The Morgan fingerprint density at radius 1 is 1.55 bits per heavy atom. The summed E-state index contributed by atoms with van der Waals surface area (Å²) in [5.74, 6) is 0.632. The van der Waals surface area contributed by atoms with Gasteiger partial charge >= 0.3 is 6.03 Å². The van der Waals surface area contributed by atoms with Crippen LogP contribution >= 0.6 is 11.3 Å². The first-order valence-corrected chi connectivity index (χ1v) is 7.37. The van der Waals surface area contributed by atoms with Crippen molar-refractivity contribution >= 4 is 17.4 Å². The predicted molar refractivity (Wildman–Crippen MR) is 76.5 cm³/mol. The van der Waals surface area contributed by atoms with Gasteiger partial charge in [0.2, 0.25) is 0 Å². The number of rotatable bonds is 5. The lowest BCUT2D eigenvalue weighted by atomic mass is 10.2. The molecular weight excluding hydrogens is 276 g/mol. The fourth-order valence-corrected chi connectivity index (χ4v) is 2.51. The van der Waals surface area contributed by atoms with Gasteiger partial charge in [0.15, 0.2) is 5.76 Å². The van der Waals surface area contributed by atoms with E-state index < -0.39 is 0 Å². The Bertz CT molecular complexity index is 578. The molecule has 2 amide bonds.